The summed E-state index contributed by atoms with van der Waals surface area (Å²) in [5, 5.41) is 0.565. The van der Waals surface area contributed by atoms with Crippen LogP contribution in [0.25, 0.3) is 0 Å². The van der Waals surface area contributed by atoms with Crippen LogP contribution in [-0.4, -0.2) is 71.6 Å². The van der Waals surface area contributed by atoms with Crippen LogP contribution in [0.3, 0.4) is 0 Å². The van der Waals surface area contributed by atoms with Crippen LogP contribution in [0.2, 0.25) is 5.02 Å². The van der Waals surface area contributed by atoms with Crippen molar-refractivity contribution in [2.75, 3.05) is 25.1 Å². The minimum atomic E-state index is -0.903. The molecule has 3 amide bonds. The highest BCUT2D eigenvalue weighted by Gasteiger charge is 2.43. The largest absolute Gasteiger partial charge is 0.469 e. The zero-order chi connectivity index (χ0) is 33.0. The number of nitrogens with zero attached hydrogens (tertiary/aromatic N) is 3. The van der Waals surface area contributed by atoms with Crippen molar-refractivity contribution in [1.29, 1.82) is 0 Å². The first-order valence-electron chi connectivity index (χ1n) is 15.5. The molecule has 9 nitrogen and oxygen atoms in total. The summed E-state index contributed by atoms with van der Waals surface area (Å²) in [7, 11) is 1.33. The molecule has 0 N–H and O–H groups in total. The summed E-state index contributed by atoms with van der Waals surface area (Å²) < 4.78 is 10.7. The molecule has 0 saturated heterocycles. The number of ether oxygens (including phenoxy) is 2. The van der Waals surface area contributed by atoms with Gasteiger partial charge in [-0.1, -0.05) is 72.3 Å². The molecule has 10 heteroatoms. The number of benzene rings is 3. The van der Waals surface area contributed by atoms with E-state index in [9.17, 15) is 19.2 Å². The number of rotatable bonds is 8. The van der Waals surface area contributed by atoms with Crippen LogP contribution < -0.4 is 4.90 Å². The number of halogens is 1. The van der Waals surface area contributed by atoms with E-state index in [2.05, 4.69) is 0 Å². The van der Waals surface area contributed by atoms with Crippen LogP contribution in [0.4, 0.5) is 10.5 Å². The van der Waals surface area contributed by atoms with Gasteiger partial charge in [0.25, 0.3) is 0 Å². The molecule has 0 aromatic heterocycles. The second-order valence-electron chi connectivity index (χ2n) is 12.7. The quantitative estimate of drug-likeness (QED) is 0.296. The molecule has 3 aromatic carbocycles. The van der Waals surface area contributed by atoms with Gasteiger partial charge in [0.15, 0.2) is 0 Å². The summed E-state index contributed by atoms with van der Waals surface area (Å²) in [5.74, 6) is -1.08. The highest BCUT2D eigenvalue weighted by atomic mass is 35.5. The Morgan fingerprint density at radius 2 is 1.54 bits per heavy atom. The minimum Gasteiger partial charge on any atom is -0.469 e. The Morgan fingerprint density at radius 1 is 0.891 bits per heavy atom. The maximum atomic E-state index is 14.5. The fourth-order valence-corrected chi connectivity index (χ4v) is 6.38. The van der Waals surface area contributed by atoms with Crippen molar-refractivity contribution < 1.29 is 28.7 Å². The molecule has 3 aromatic rings. The topological polar surface area (TPSA) is 96.5 Å². The number of para-hydroxylation sites is 1. The highest BCUT2D eigenvalue weighted by molar-refractivity contribution is 6.31. The van der Waals surface area contributed by atoms with Gasteiger partial charge in [-0.3, -0.25) is 19.3 Å². The van der Waals surface area contributed by atoms with E-state index in [4.69, 9.17) is 21.1 Å². The number of hydrogen-bond donors (Lipinski definition) is 0. The zero-order valence-corrected chi connectivity index (χ0v) is 27.5. The van der Waals surface area contributed by atoms with Crippen LogP contribution in [0.5, 0.6) is 0 Å². The van der Waals surface area contributed by atoms with Gasteiger partial charge in [-0.25, -0.2) is 4.79 Å². The zero-order valence-electron chi connectivity index (χ0n) is 26.7. The van der Waals surface area contributed by atoms with Gasteiger partial charge >= 0.3 is 12.1 Å². The van der Waals surface area contributed by atoms with Gasteiger partial charge in [0.2, 0.25) is 11.8 Å². The number of hydrogen-bond acceptors (Lipinski definition) is 6. The average molecular weight is 646 g/mol. The third-order valence-electron chi connectivity index (χ3n) is 8.40. The fraction of sp³-hybridized carbons (Fsp3) is 0.389. The molecule has 0 unspecified atom stereocenters. The average Bonchev–Trinajstić information content (AvgIpc) is 3.42. The lowest BCUT2D eigenvalue weighted by Gasteiger charge is -2.38. The molecule has 242 valence electrons. The first-order valence-corrected chi connectivity index (χ1v) is 15.9. The molecule has 2 aliphatic heterocycles. The monoisotopic (exact) mass is 645 g/mol. The molecule has 46 heavy (non-hydrogen) atoms. The summed E-state index contributed by atoms with van der Waals surface area (Å²) in [4.78, 5) is 59.2. The summed E-state index contributed by atoms with van der Waals surface area (Å²) >= 11 is 6.47. The Labute approximate surface area is 275 Å². The van der Waals surface area contributed by atoms with Crippen LogP contribution in [-0.2, 0) is 49.7 Å². The maximum absolute atomic E-state index is 14.5. The summed E-state index contributed by atoms with van der Waals surface area (Å²) in [5.41, 5.74) is 3.58. The van der Waals surface area contributed by atoms with Crippen molar-refractivity contribution in [2.24, 2.45) is 0 Å². The predicted octanol–water partition coefficient (Wildman–Crippen LogP) is 5.59. The highest BCUT2D eigenvalue weighted by Crippen LogP contribution is 2.35. The van der Waals surface area contributed by atoms with Gasteiger partial charge in [-0.2, -0.15) is 0 Å². The van der Waals surface area contributed by atoms with Gasteiger partial charge in [-0.15, -0.1) is 0 Å². The molecule has 0 bridgehead atoms. The van der Waals surface area contributed by atoms with Gasteiger partial charge in [0.05, 0.1) is 25.8 Å². The SMILES string of the molecule is COC(=O)C[C@H]1Cc2ccccc2CN1C(=O)CN(CCc1ccccc1Cl)C(=O)[C@H]1Cc2ccccc2N1C(=O)OC(C)(C)C. The summed E-state index contributed by atoms with van der Waals surface area (Å²) in [6, 6.07) is 21.3. The number of esters is 1. The molecule has 5 rings (SSSR count). The molecule has 2 aliphatic rings. The Hall–Kier alpha value is -4.37. The number of amides is 3. The Morgan fingerprint density at radius 3 is 2.24 bits per heavy atom. The molecule has 2 heterocycles. The normalized spacial score (nSPS) is 17.2. The number of methoxy groups -OCH3 is 1. The lowest BCUT2D eigenvalue weighted by molar-refractivity contribution is -0.147. The second kappa shape index (κ2) is 14.0. The van der Waals surface area contributed by atoms with E-state index in [-0.39, 0.29) is 37.7 Å². The Kier molecular flexibility index (Phi) is 10.0. The Bertz CT molecular complexity index is 1620. The number of carbonyl (C=O) groups excluding carboxylic acids is 4. The summed E-state index contributed by atoms with van der Waals surface area (Å²) in [6.45, 7) is 5.59. The third-order valence-corrected chi connectivity index (χ3v) is 8.77. The van der Waals surface area contributed by atoms with Crippen molar-refractivity contribution in [2.45, 2.75) is 70.7 Å². The predicted molar refractivity (Wildman–Crippen MR) is 175 cm³/mol. The van der Waals surface area contributed by atoms with E-state index in [0.717, 1.165) is 22.3 Å². The fourth-order valence-electron chi connectivity index (χ4n) is 6.15. The molecule has 0 fully saturated rings. The molecule has 0 aliphatic carbocycles. The van der Waals surface area contributed by atoms with E-state index >= 15 is 0 Å². The molecular formula is C36H40ClN3O6. The van der Waals surface area contributed by atoms with E-state index in [1.54, 1.807) is 37.8 Å². The van der Waals surface area contributed by atoms with Crippen LogP contribution >= 0.6 is 11.6 Å². The minimum absolute atomic E-state index is 0.0362. The van der Waals surface area contributed by atoms with Gasteiger partial charge in [0.1, 0.15) is 11.6 Å². The van der Waals surface area contributed by atoms with Gasteiger partial charge < -0.3 is 19.3 Å². The van der Waals surface area contributed by atoms with Crippen molar-refractivity contribution in [3.05, 3.63) is 100 Å². The standard InChI is InChI=1S/C36H40ClN3O6/c1-36(2,3)46-35(44)40-30-16-10-8-13-26(30)20-31(40)34(43)38(18-17-24-11-7-9-15-29(24)37)23-32(41)39-22-27-14-6-5-12-25(27)19-28(39)21-33(42)45-4/h5-16,28,31H,17-23H2,1-4H3/t28-,31-/m1/s1. The molecular weight excluding hydrogens is 606 g/mol. The molecule has 0 saturated carbocycles. The van der Waals surface area contributed by atoms with Crippen molar-refractivity contribution in [3.63, 3.8) is 0 Å². The lowest BCUT2D eigenvalue weighted by atomic mass is 9.92. The first kappa shape index (κ1) is 33.0. The molecule has 0 radical (unpaired) electrons. The van der Waals surface area contributed by atoms with Gasteiger partial charge in [-0.05, 0) is 68.0 Å². The molecule has 2 atom stereocenters. The summed E-state index contributed by atoms with van der Waals surface area (Å²) in [6.07, 6.45) is 0.592. The Balaban J connectivity index is 1.45. The lowest BCUT2D eigenvalue weighted by Crippen LogP contribution is -2.55. The van der Waals surface area contributed by atoms with Crippen molar-refractivity contribution >= 4 is 41.2 Å². The van der Waals surface area contributed by atoms with E-state index in [1.807, 2.05) is 60.7 Å². The second-order valence-corrected chi connectivity index (χ2v) is 13.1. The third kappa shape index (κ3) is 7.53. The number of anilines is 1. The number of carbonyl (C=O) groups is 4. The van der Waals surface area contributed by atoms with Crippen LogP contribution in [0.15, 0.2) is 72.8 Å². The van der Waals surface area contributed by atoms with E-state index in [0.29, 0.717) is 30.1 Å². The molecule has 0 spiro atoms. The van der Waals surface area contributed by atoms with Crippen LogP contribution in [0, 0.1) is 0 Å². The van der Waals surface area contributed by atoms with Crippen LogP contribution in [0.1, 0.15) is 49.4 Å². The van der Waals surface area contributed by atoms with Crippen molar-refractivity contribution in [3.8, 4) is 0 Å². The smallest absolute Gasteiger partial charge is 0.415 e. The van der Waals surface area contributed by atoms with E-state index < -0.39 is 29.7 Å². The van der Waals surface area contributed by atoms with Gasteiger partial charge in [0, 0.05) is 30.6 Å². The van der Waals surface area contributed by atoms with Crippen molar-refractivity contribution in [1.82, 2.24) is 9.80 Å². The first-order chi connectivity index (χ1) is 21.9. The number of fused-ring (bicyclic) bond motifs is 2. The van der Waals surface area contributed by atoms with E-state index in [1.165, 1.54) is 16.9 Å². The maximum Gasteiger partial charge on any atom is 0.415 e.